The van der Waals surface area contributed by atoms with Gasteiger partial charge < -0.3 is 10.6 Å². The molecule has 0 radical (unpaired) electrons. The van der Waals surface area contributed by atoms with Crippen molar-refractivity contribution in [2.75, 3.05) is 13.1 Å². The number of aryl methyl sites for hydroxylation is 3. The number of hydrogen-bond donors (Lipinski definition) is 3. The maximum atomic E-state index is 12.5. The number of carbonyl (C=O) groups excluding carboxylic acids is 1. The van der Waals surface area contributed by atoms with Crippen molar-refractivity contribution in [3.8, 4) is 0 Å². The SMILES string of the molecule is Cc1nc2c(c(C)c1CC(=O)NC1CNCCC1C)c(=O)[nH]n2C. The van der Waals surface area contributed by atoms with E-state index in [9.17, 15) is 9.59 Å². The first-order chi connectivity index (χ1) is 11.4. The number of fused-ring (bicyclic) bond motifs is 1. The Bertz CT molecular complexity index is 836. The number of nitrogens with zero attached hydrogens (tertiary/aromatic N) is 2. The van der Waals surface area contributed by atoms with Crippen LogP contribution < -0.4 is 16.2 Å². The van der Waals surface area contributed by atoms with Crippen LogP contribution in [0.1, 0.15) is 30.2 Å². The second-order valence-electron chi connectivity index (χ2n) is 6.82. The third-order valence-corrected chi connectivity index (χ3v) is 5.09. The molecule has 1 amide bonds. The van der Waals surface area contributed by atoms with E-state index in [-0.39, 0.29) is 23.9 Å². The second-order valence-corrected chi connectivity index (χ2v) is 6.82. The van der Waals surface area contributed by atoms with Gasteiger partial charge in [0.15, 0.2) is 5.65 Å². The fourth-order valence-electron chi connectivity index (χ4n) is 3.51. The Balaban J connectivity index is 1.85. The summed E-state index contributed by atoms with van der Waals surface area (Å²) in [5.41, 5.74) is 2.94. The van der Waals surface area contributed by atoms with Gasteiger partial charge in [0.25, 0.3) is 5.56 Å². The maximum Gasteiger partial charge on any atom is 0.273 e. The van der Waals surface area contributed by atoms with Gasteiger partial charge in [-0.05, 0) is 43.9 Å². The molecule has 0 spiro atoms. The molecule has 7 heteroatoms. The standard InChI is InChI=1S/C17H25N5O2/c1-9-5-6-18-8-13(9)20-14(23)7-12-10(2)15-16(19-11(12)3)22(4)21-17(15)24/h9,13,18H,5-8H2,1-4H3,(H,20,23)(H,21,24). The van der Waals surface area contributed by atoms with Gasteiger partial charge >= 0.3 is 0 Å². The van der Waals surface area contributed by atoms with Crippen molar-refractivity contribution in [2.45, 2.75) is 39.7 Å². The summed E-state index contributed by atoms with van der Waals surface area (Å²) in [7, 11) is 1.76. The van der Waals surface area contributed by atoms with Gasteiger partial charge in [-0.2, -0.15) is 0 Å². The maximum absolute atomic E-state index is 12.5. The lowest BCUT2D eigenvalue weighted by molar-refractivity contribution is -0.121. The lowest BCUT2D eigenvalue weighted by Crippen LogP contribution is -2.50. The molecule has 2 atom stereocenters. The van der Waals surface area contributed by atoms with E-state index in [1.165, 1.54) is 0 Å². The zero-order valence-electron chi connectivity index (χ0n) is 14.7. The monoisotopic (exact) mass is 331 g/mol. The fraction of sp³-hybridized carbons (Fsp3) is 0.588. The number of aromatic amines is 1. The van der Waals surface area contributed by atoms with Crippen molar-refractivity contribution in [1.82, 2.24) is 25.4 Å². The van der Waals surface area contributed by atoms with E-state index >= 15 is 0 Å². The van der Waals surface area contributed by atoms with Crippen molar-refractivity contribution < 1.29 is 4.79 Å². The average Bonchev–Trinajstić information content (AvgIpc) is 2.80. The summed E-state index contributed by atoms with van der Waals surface area (Å²) in [5, 5.41) is 9.73. The van der Waals surface area contributed by atoms with Crippen LogP contribution in [0.4, 0.5) is 0 Å². The molecule has 2 aromatic rings. The van der Waals surface area contributed by atoms with Crippen LogP contribution in [0.5, 0.6) is 0 Å². The van der Waals surface area contributed by atoms with Crippen LogP contribution in [0.25, 0.3) is 11.0 Å². The molecule has 0 bridgehead atoms. The molecule has 1 aliphatic heterocycles. The molecule has 24 heavy (non-hydrogen) atoms. The molecule has 3 N–H and O–H groups in total. The highest BCUT2D eigenvalue weighted by molar-refractivity contribution is 5.84. The summed E-state index contributed by atoms with van der Waals surface area (Å²) in [6.45, 7) is 7.75. The summed E-state index contributed by atoms with van der Waals surface area (Å²) >= 11 is 0. The Kier molecular flexibility index (Phi) is 4.45. The largest absolute Gasteiger partial charge is 0.352 e. The lowest BCUT2D eigenvalue weighted by Gasteiger charge is -2.30. The Morgan fingerprint density at radius 2 is 2.17 bits per heavy atom. The van der Waals surface area contributed by atoms with Gasteiger partial charge in [0.05, 0.1) is 11.8 Å². The molecule has 1 aliphatic rings. The number of H-pyrrole nitrogens is 1. The van der Waals surface area contributed by atoms with Crippen LogP contribution in [0.2, 0.25) is 0 Å². The molecular weight excluding hydrogens is 306 g/mol. The summed E-state index contributed by atoms with van der Waals surface area (Å²) in [4.78, 5) is 29.1. The first-order valence-corrected chi connectivity index (χ1v) is 8.43. The van der Waals surface area contributed by atoms with Crippen molar-refractivity contribution >= 4 is 16.9 Å². The minimum atomic E-state index is -0.163. The van der Waals surface area contributed by atoms with Crippen LogP contribution in [0.3, 0.4) is 0 Å². The average molecular weight is 331 g/mol. The van der Waals surface area contributed by atoms with Crippen LogP contribution >= 0.6 is 0 Å². The topological polar surface area (TPSA) is 91.8 Å². The lowest BCUT2D eigenvalue weighted by atomic mass is 9.94. The molecule has 0 aliphatic carbocycles. The summed E-state index contributed by atoms with van der Waals surface area (Å²) in [6, 6.07) is 0.156. The van der Waals surface area contributed by atoms with E-state index < -0.39 is 0 Å². The van der Waals surface area contributed by atoms with Crippen molar-refractivity contribution in [1.29, 1.82) is 0 Å². The number of carbonyl (C=O) groups is 1. The highest BCUT2D eigenvalue weighted by Gasteiger charge is 2.24. The molecule has 7 nitrogen and oxygen atoms in total. The first kappa shape index (κ1) is 16.7. The van der Waals surface area contributed by atoms with Gasteiger partial charge in [-0.1, -0.05) is 6.92 Å². The molecule has 0 saturated carbocycles. The van der Waals surface area contributed by atoms with Gasteiger partial charge in [0.1, 0.15) is 0 Å². The second kappa shape index (κ2) is 6.39. The Hall–Kier alpha value is -2.15. The molecule has 1 fully saturated rings. The van der Waals surface area contributed by atoms with Gasteiger partial charge in [0, 0.05) is 25.3 Å². The highest BCUT2D eigenvalue weighted by atomic mass is 16.1. The quantitative estimate of drug-likeness (QED) is 0.765. The van der Waals surface area contributed by atoms with E-state index in [0.29, 0.717) is 17.0 Å². The zero-order valence-corrected chi connectivity index (χ0v) is 14.7. The molecule has 1 saturated heterocycles. The van der Waals surface area contributed by atoms with E-state index in [4.69, 9.17) is 0 Å². The molecule has 130 valence electrons. The number of pyridine rings is 1. The molecule has 2 aromatic heterocycles. The number of aromatic nitrogens is 3. The molecular formula is C17H25N5O2. The Morgan fingerprint density at radius 3 is 2.88 bits per heavy atom. The van der Waals surface area contributed by atoms with Crippen LogP contribution in [0, 0.1) is 19.8 Å². The number of rotatable bonds is 3. The first-order valence-electron chi connectivity index (χ1n) is 8.43. The van der Waals surface area contributed by atoms with Crippen molar-refractivity contribution in [3.05, 3.63) is 27.2 Å². The van der Waals surface area contributed by atoms with E-state index in [1.807, 2.05) is 13.8 Å². The predicted molar refractivity (Wildman–Crippen MR) is 93.1 cm³/mol. The predicted octanol–water partition coefficient (Wildman–Crippen LogP) is 0.535. The summed E-state index contributed by atoms with van der Waals surface area (Å²) < 4.78 is 1.62. The van der Waals surface area contributed by atoms with Crippen LogP contribution in [0.15, 0.2) is 4.79 Å². The molecule has 2 unspecified atom stereocenters. The van der Waals surface area contributed by atoms with Gasteiger partial charge in [-0.25, -0.2) is 4.98 Å². The molecule has 3 heterocycles. The third kappa shape index (κ3) is 2.96. The van der Waals surface area contributed by atoms with E-state index in [0.717, 1.165) is 36.3 Å². The van der Waals surface area contributed by atoms with E-state index in [1.54, 1.807) is 11.7 Å². The highest BCUT2D eigenvalue weighted by Crippen LogP contribution is 2.20. The minimum Gasteiger partial charge on any atom is -0.352 e. The van der Waals surface area contributed by atoms with Crippen LogP contribution in [-0.4, -0.2) is 39.8 Å². The molecule has 0 aromatic carbocycles. The smallest absolute Gasteiger partial charge is 0.273 e. The molecule has 3 rings (SSSR count). The summed E-state index contributed by atoms with van der Waals surface area (Å²) in [5.74, 6) is 0.449. The number of nitrogens with one attached hydrogen (secondary N) is 3. The fourth-order valence-corrected chi connectivity index (χ4v) is 3.51. The van der Waals surface area contributed by atoms with E-state index in [2.05, 4.69) is 27.6 Å². The number of piperidine rings is 1. The van der Waals surface area contributed by atoms with Crippen molar-refractivity contribution in [3.63, 3.8) is 0 Å². The number of amides is 1. The van der Waals surface area contributed by atoms with Gasteiger partial charge in [-0.15, -0.1) is 0 Å². The third-order valence-electron chi connectivity index (χ3n) is 5.09. The minimum absolute atomic E-state index is 0.0183. The Morgan fingerprint density at radius 1 is 1.42 bits per heavy atom. The van der Waals surface area contributed by atoms with Crippen molar-refractivity contribution in [2.24, 2.45) is 13.0 Å². The van der Waals surface area contributed by atoms with Crippen LogP contribution in [-0.2, 0) is 18.3 Å². The van der Waals surface area contributed by atoms with Gasteiger partial charge in [0.2, 0.25) is 5.91 Å². The zero-order chi connectivity index (χ0) is 17.4. The Labute approximate surface area is 140 Å². The summed E-state index contributed by atoms with van der Waals surface area (Å²) in [6.07, 6.45) is 1.31. The number of hydrogen-bond acceptors (Lipinski definition) is 4. The normalized spacial score (nSPS) is 21.2. The van der Waals surface area contributed by atoms with Gasteiger partial charge in [-0.3, -0.25) is 19.4 Å².